The van der Waals surface area contributed by atoms with E-state index in [4.69, 9.17) is 5.73 Å². The van der Waals surface area contributed by atoms with Crippen LogP contribution in [0.15, 0.2) is 42.5 Å². The summed E-state index contributed by atoms with van der Waals surface area (Å²) in [6, 6.07) is 11.3. The van der Waals surface area contributed by atoms with E-state index < -0.39 is 0 Å². The largest absolute Gasteiger partial charge is 0.399 e. The van der Waals surface area contributed by atoms with Gasteiger partial charge in [-0.05, 0) is 48.9 Å². The number of halogens is 1. The number of nitrogen functional groups attached to an aromatic ring is 1. The standard InChI is InChI=1S/C15H15FN2O/c1-10-8-13(6-7-14(10)16)18(2)15(19)11-4-3-5-12(17)9-11/h3-9H,17H2,1-2H3. The van der Waals surface area contributed by atoms with Gasteiger partial charge < -0.3 is 10.6 Å². The summed E-state index contributed by atoms with van der Waals surface area (Å²) in [4.78, 5) is 13.7. The van der Waals surface area contributed by atoms with E-state index in [9.17, 15) is 9.18 Å². The molecule has 2 aromatic rings. The van der Waals surface area contributed by atoms with Gasteiger partial charge in [0.15, 0.2) is 0 Å². The SMILES string of the molecule is Cc1cc(N(C)C(=O)c2cccc(N)c2)ccc1F. The molecule has 0 spiro atoms. The van der Waals surface area contributed by atoms with Crippen molar-refractivity contribution in [3.05, 3.63) is 59.4 Å². The van der Waals surface area contributed by atoms with E-state index in [-0.39, 0.29) is 11.7 Å². The van der Waals surface area contributed by atoms with Crippen LogP contribution in [0.1, 0.15) is 15.9 Å². The Kier molecular flexibility index (Phi) is 3.51. The lowest BCUT2D eigenvalue weighted by atomic mass is 10.1. The zero-order valence-corrected chi connectivity index (χ0v) is 10.9. The molecule has 2 aromatic carbocycles. The number of nitrogens with two attached hydrogens (primary N) is 1. The second-order valence-corrected chi connectivity index (χ2v) is 4.42. The molecule has 0 aliphatic heterocycles. The third-order valence-electron chi connectivity index (χ3n) is 2.97. The summed E-state index contributed by atoms with van der Waals surface area (Å²) in [6.07, 6.45) is 0. The van der Waals surface area contributed by atoms with Crippen LogP contribution in [0, 0.1) is 12.7 Å². The van der Waals surface area contributed by atoms with Crippen molar-refractivity contribution in [3.63, 3.8) is 0 Å². The lowest BCUT2D eigenvalue weighted by Gasteiger charge is -2.18. The molecule has 0 radical (unpaired) electrons. The highest BCUT2D eigenvalue weighted by Crippen LogP contribution is 2.19. The minimum atomic E-state index is -0.284. The van der Waals surface area contributed by atoms with Crippen LogP contribution < -0.4 is 10.6 Å². The fraction of sp³-hybridized carbons (Fsp3) is 0.133. The first-order valence-corrected chi connectivity index (χ1v) is 5.89. The molecule has 98 valence electrons. The van der Waals surface area contributed by atoms with Gasteiger partial charge in [-0.1, -0.05) is 6.07 Å². The van der Waals surface area contributed by atoms with E-state index in [1.807, 2.05) is 0 Å². The van der Waals surface area contributed by atoms with Gasteiger partial charge in [-0.2, -0.15) is 0 Å². The fourth-order valence-electron chi connectivity index (χ4n) is 1.82. The molecule has 2 N–H and O–H groups in total. The lowest BCUT2D eigenvalue weighted by Crippen LogP contribution is -2.26. The molecule has 0 saturated carbocycles. The highest BCUT2D eigenvalue weighted by Gasteiger charge is 2.14. The van der Waals surface area contributed by atoms with Crippen LogP contribution in [0.2, 0.25) is 0 Å². The van der Waals surface area contributed by atoms with Crippen molar-refractivity contribution in [1.29, 1.82) is 0 Å². The van der Waals surface area contributed by atoms with E-state index in [0.29, 0.717) is 22.5 Å². The summed E-state index contributed by atoms with van der Waals surface area (Å²) in [5.74, 6) is -0.466. The molecule has 4 heteroatoms. The molecular weight excluding hydrogens is 243 g/mol. The number of carbonyl (C=O) groups is 1. The molecule has 0 atom stereocenters. The molecule has 0 unspecified atom stereocenters. The number of rotatable bonds is 2. The van der Waals surface area contributed by atoms with E-state index in [0.717, 1.165) is 0 Å². The van der Waals surface area contributed by atoms with Crippen LogP contribution >= 0.6 is 0 Å². The number of hydrogen-bond acceptors (Lipinski definition) is 2. The summed E-state index contributed by atoms with van der Waals surface area (Å²) in [6.45, 7) is 1.66. The number of nitrogens with zero attached hydrogens (tertiary/aromatic N) is 1. The van der Waals surface area contributed by atoms with Crippen LogP contribution in [-0.4, -0.2) is 13.0 Å². The van der Waals surface area contributed by atoms with Crippen molar-refractivity contribution < 1.29 is 9.18 Å². The number of hydrogen-bond donors (Lipinski definition) is 1. The molecule has 0 aliphatic rings. The summed E-state index contributed by atoms with van der Waals surface area (Å²) >= 11 is 0. The second kappa shape index (κ2) is 5.10. The van der Waals surface area contributed by atoms with Gasteiger partial charge in [0.05, 0.1) is 0 Å². The summed E-state index contributed by atoms with van der Waals surface area (Å²) in [5, 5.41) is 0. The third kappa shape index (κ3) is 2.73. The van der Waals surface area contributed by atoms with Crippen LogP contribution in [-0.2, 0) is 0 Å². The zero-order chi connectivity index (χ0) is 14.0. The molecule has 19 heavy (non-hydrogen) atoms. The maximum Gasteiger partial charge on any atom is 0.258 e. The Morgan fingerprint density at radius 3 is 2.58 bits per heavy atom. The Balaban J connectivity index is 2.30. The molecule has 0 aromatic heterocycles. The van der Waals surface area contributed by atoms with Crippen molar-refractivity contribution >= 4 is 17.3 Å². The number of amides is 1. The van der Waals surface area contributed by atoms with Crippen molar-refractivity contribution in [2.45, 2.75) is 6.92 Å². The van der Waals surface area contributed by atoms with Gasteiger partial charge in [-0.25, -0.2) is 4.39 Å². The van der Waals surface area contributed by atoms with Gasteiger partial charge in [0.25, 0.3) is 5.91 Å². The maximum atomic E-state index is 13.2. The first-order valence-electron chi connectivity index (χ1n) is 5.89. The fourth-order valence-corrected chi connectivity index (χ4v) is 1.82. The number of aryl methyl sites for hydroxylation is 1. The van der Waals surface area contributed by atoms with Gasteiger partial charge >= 0.3 is 0 Å². The van der Waals surface area contributed by atoms with Crippen LogP contribution in [0.3, 0.4) is 0 Å². The van der Waals surface area contributed by atoms with Gasteiger partial charge in [-0.15, -0.1) is 0 Å². The van der Waals surface area contributed by atoms with Gasteiger partial charge in [-0.3, -0.25) is 4.79 Å². The minimum absolute atomic E-state index is 0.182. The number of carbonyl (C=O) groups excluding carboxylic acids is 1. The number of anilines is 2. The quantitative estimate of drug-likeness (QED) is 0.842. The normalized spacial score (nSPS) is 10.3. The Morgan fingerprint density at radius 2 is 1.95 bits per heavy atom. The summed E-state index contributed by atoms with van der Waals surface area (Å²) in [7, 11) is 1.65. The first kappa shape index (κ1) is 13.1. The molecule has 0 heterocycles. The maximum absolute atomic E-state index is 13.2. The van der Waals surface area contributed by atoms with Crippen LogP contribution in [0.4, 0.5) is 15.8 Å². The van der Waals surface area contributed by atoms with Crippen molar-refractivity contribution in [2.75, 3.05) is 17.7 Å². The monoisotopic (exact) mass is 258 g/mol. The molecule has 0 aliphatic carbocycles. The topological polar surface area (TPSA) is 46.3 Å². The van der Waals surface area contributed by atoms with E-state index in [1.54, 1.807) is 50.4 Å². The van der Waals surface area contributed by atoms with Crippen molar-refractivity contribution in [3.8, 4) is 0 Å². The summed E-state index contributed by atoms with van der Waals surface area (Å²) in [5.41, 5.74) is 7.85. The molecular formula is C15H15FN2O. The highest BCUT2D eigenvalue weighted by molar-refractivity contribution is 6.06. The van der Waals surface area contributed by atoms with E-state index >= 15 is 0 Å². The van der Waals surface area contributed by atoms with Crippen LogP contribution in [0.5, 0.6) is 0 Å². The second-order valence-electron chi connectivity index (χ2n) is 4.42. The van der Waals surface area contributed by atoms with Gasteiger partial charge in [0.2, 0.25) is 0 Å². The van der Waals surface area contributed by atoms with Crippen molar-refractivity contribution in [2.24, 2.45) is 0 Å². The average molecular weight is 258 g/mol. The zero-order valence-electron chi connectivity index (χ0n) is 10.9. The predicted molar refractivity (Wildman–Crippen MR) is 74.7 cm³/mol. The lowest BCUT2D eigenvalue weighted by molar-refractivity contribution is 0.0993. The Labute approximate surface area is 111 Å². The first-order chi connectivity index (χ1) is 8.99. The Morgan fingerprint density at radius 1 is 1.21 bits per heavy atom. The Bertz CT molecular complexity index is 625. The Hall–Kier alpha value is -2.36. The molecule has 2 rings (SSSR count). The van der Waals surface area contributed by atoms with E-state index in [2.05, 4.69) is 0 Å². The predicted octanol–water partition coefficient (Wildman–Crippen LogP) is 2.99. The molecule has 0 fully saturated rings. The van der Waals surface area contributed by atoms with E-state index in [1.165, 1.54) is 11.0 Å². The van der Waals surface area contributed by atoms with Crippen LogP contribution in [0.25, 0.3) is 0 Å². The molecule has 1 amide bonds. The number of benzene rings is 2. The highest BCUT2D eigenvalue weighted by atomic mass is 19.1. The van der Waals surface area contributed by atoms with Gasteiger partial charge in [0.1, 0.15) is 5.82 Å². The smallest absolute Gasteiger partial charge is 0.258 e. The third-order valence-corrected chi connectivity index (χ3v) is 2.97. The molecule has 0 saturated heterocycles. The molecule has 3 nitrogen and oxygen atoms in total. The van der Waals surface area contributed by atoms with Gasteiger partial charge in [0, 0.05) is 24.0 Å². The average Bonchev–Trinajstić information content (AvgIpc) is 2.40. The van der Waals surface area contributed by atoms with Crippen molar-refractivity contribution in [1.82, 2.24) is 0 Å². The molecule has 0 bridgehead atoms. The minimum Gasteiger partial charge on any atom is -0.399 e. The summed E-state index contributed by atoms with van der Waals surface area (Å²) < 4.78 is 13.2.